The maximum atomic E-state index is 12.6. The van der Waals surface area contributed by atoms with Gasteiger partial charge in [-0.2, -0.15) is 0 Å². The van der Waals surface area contributed by atoms with E-state index in [1.807, 2.05) is 39.1 Å². The van der Waals surface area contributed by atoms with Crippen molar-refractivity contribution in [2.75, 3.05) is 11.1 Å². The van der Waals surface area contributed by atoms with Crippen molar-refractivity contribution in [3.05, 3.63) is 60.2 Å². The van der Waals surface area contributed by atoms with Crippen LogP contribution in [-0.2, 0) is 11.8 Å². The number of hydrogen-bond acceptors (Lipinski definition) is 7. The lowest BCUT2D eigenvalue weighted by atomic mass is 10.0. The second-order valence-corrected chi connectivity index (χ2v) is 7.81. The molecule has 0 spiro atoms. The second-order valence-electron chi connectivity index (χ2n) is 6.87. The van der Waals surface area contributed by atoms with Gasteiger partial charge in [0.05, 0.1) is 11.8 Å². The Morgan fingerprint density at radius 3 is 2.43 bits per heavy atom. The van der Waals surface area contributed by atoms with Crippen LogP contribution in [0.25, 0.3) is 0 Å². The number of nitrogens with zero attached hydrogens (tertiary/aromatic N) is 5. The van der Waals surface area contributed by atoms with Crippen LogP contribution in [0.1, 0.15) is 36.1 Å². The maximum Gasteiger partial charge on any atom is 0.251 e. The van der Waals surface area contributed by atoms with Gasteiger partial charge in [0, 0.05) is 25.0 Å². The molecule has 10 heteroatoms. The van der Waals surface area contributed by atoms with Gasteiger partial charge in [-0.05, 0) is 24.1 Å². The standard InChI is InChI=1S/C20H23N7O2S/c1-13(2)16(24-18(29)14-8-5-4-6-9-14)17-25-26-20(27(17)3)30-12-15(28)23-19-21-10-7-11-22-19/h4-11,13,16H,12H2,1-3H3,(H,24,29)(H,21,22,23,28)/t16-/m0/s1. The third-order valence-corrected chi connectivity index (χ3v) is 5.31. The Hall–Kier alpha value is -3.27. The summed E-state index contributed by atoms with van der Waals surface area (Å²) in [7, 11) is 1.82. The average molecular weight is 426 g/mol. The van der Waals surface area contributed by atoms with Crippen molar-refractivity contribution < 1.29 is 9.59 Å². The lowest BCUT2D eigenvalue weighted by molar-refractivity contribution is -0.113. The number of benzene rings is 1. The summed E-state index contributed by atoms with van der Waals surface area (Å²) in [6, 6.07) is 10.4. The third-order valence-electron chi connectivity index (χ3n) is 4.29. The summed E-state index contributed by atoms with van der Waals surface area (Å²) in [5, 5.41) is 14.7. The highest BCUT2D eigenvalue weighted by atomic mass is 32.2. The molecule has 3 aromatic rings. The quantitative estimate of drug-likeness (QED) is 0.533. The molecule has 30 heavy (non-hydrogen) atoms. The Labute approximate surface area is 178 Å². The molecular weight excluding hydrogens is 402 g/mol. The first-order valence-electron chi connectivity index (χ1n) is 9.40. The van der Waals surface area contributed by atoms with Crippen molar-refractivity contribution in [1.29, 1.82) is 0 Å². The Bertz CT molecular complexity index is 993. The number of hydrogen-bond donors (Lipinski definition) is 2. The molecule has 1 atom stereocenters. The van der Waals surface area contributed by atoms with Crippen LogP contribution in [0.15, 0.2) is 53.9 Å². The lowest BCUT2D eigenvalue weighted by Crippen LogP contribution is -2.33. The van der Waals surface area contributed by atoms with E-state index in [0.29, 0.717) is 16.5 Å². The zero-order valence-electron chi connectivity index (χ0n) is 16.9. The number of thioether (sulfide) groups is 1. The molecule has 2 aromatic heterocycles. The second kappa shape index (κ2) is 9.97. The van der Waals surface area contributed by atoms with Crippen LogP contribution in [-0.4, -0.2) is 42.3 Å². The first-order chi connectivity index (χ1) is 14.5. The Balaban J connectivity index is 1.66. The molecule has 0 saturated carbocycles. The van der Waals surface area contributed by atoms with Crippen LogP contribution in [0.3, 0.4) is 0 Å². The normalized spacial score (nSPS) is 11.9. The number of anilines is 1. The Morgan fingerprint density at radius 2 is 1.77 bits per heavy atom. The van der Waals surface area contributed by atoms with Crippen molar-refractivity contribution in [1.82, 2.24) is 30.0 Å². The average Bonchev–Trinajstić information content (AvgIpc) is 3.11. The molecule has 2 amide bonds. The number of aromatic nitrogens is 5. The molecule has 156 valence electrons. The maximum absolute atomic E-state index is 12.6. The molecule has 0 unspecified atom stereocenters. The Kier molecular flexibility index (Phi) is 7.12. The van der Waals surface area contributed by atoms with Gasteiger partial charge in [-0.25, -0.2) is 9.97 Å². The summed E-state index contributed by atoms with van der Waals surface area (Å²) in [6.45, 7) is 4.01. The van der Waals surface area contributed by atoms with Gasteiger partial charge in [-0.3, -0.25) is 14.9 Å². The highest BCUT2D eigenvalue weighted by molar-refractivity contribution is 7.99. The van der Waals surface area contributed by atoms with Gasteiger partial charge in [0.2, 0.25) is 11.9 Å². The van der Waals surface area contributed by atoms with Crippen molar-refractivity contribution in [3.8, 4) is 0 Å². The fraction of sp³-hybridized carbons (Fsp3) is 0.300. The Morgan fingerprint density at radius 1 is 1.07 bits per heavy atom. The molecule has 0 bridgehead atoms. The number of carbonyl (C=O) groups excluding carboxylic acids is 2. The lowest BCUT2D eigenvalue weighted by Gasteiger charge is -2.21. The van der Waals surface area contributed by atoms with Crippen molar-refractivity contribution >= 4 is 29.5 Å². The fourth-order valence-corrected chi connectivity index (χ4v) is 3.44. The largest absolute Gasteiger partial charge is 0.342 e. The number of amides is 2. The van der Waals surface area contributed by atoms with E-state index in [9.17, 15) is 9.59 Å². The third kappa shape index (κ3) is 5.41. The van der Waals surface area contributed by atoms with Crippen molar-refractivity contribution in [2.45, 2.75) is 25.0 Å². The summed E-state index contributed by atoms with van der Waals surface area (Å²) in [4.78, 5) is 32.7. The summed E-state index contributed by atoms with van der Waals surface area (Å²) >= 11 is 1.25. The van der Waals surface area contributed by atoms with E-state index in [0.717, 1.165) is 0 Å². The van der Waals surface area contributed by atoms with Gasteiger partial charge in [-0.1, -0.05) is 43.8 Å². The van der Waals surface area contributed by atoms with Gasteiger partial charge in [-0.15, -0.1) is 10.2 Å². The molecular formula is C20H23N7O2S. The van der Waals surface area contributed by atoms with Gasteiger partial charge in [0.15, 0.2) is 11.0 Å². The molecule has 0 fully saturated rings. The fourth-order valence-electron chi connectivity index (χ4n) is 2.72. The zero-order valence-corrected chi connectivity index (χ0v) is 17.8. The van der Waals surface area contributed by atoms with E-state index in [4.69, 9.17) is 0 Å². The highest BCUT2D eigenvalue weighted by Crippen LogP contribution is 2.24. The van der Waals surface area contributed by atoms with Crippen LogP contribution >= 0.6 is 11.8 Å². The minimum Gasteiger partial charge on any atom is -0.342 e. The SMILES string of the molecule is CC(C)[C@H](NC(=O)c1ccccc1)c1nnc(SCC(=O)Nc2ncccn2)n1C. The molecule has 2 N–H and O–H groups in total. The van der Waals surface area contributed by atoms with E-state index in [1.54, 1.807) is 35.2 Å². The van der Waals surface area contributed by atoms with Crippen molar-refractivity contribution in [3.63, 3.8) is 0 Å². The molecule has 9 nitrogen and oxygen atoms in total. The highest BCUT2D eigenvalue weighted by Gasteiger charge is 2.25. The molecule has 0 aliphatic rings. The predicted molar refractivity (Wildman–Crippen MR) is 114 cm³/mol. The molecule has 1 aromatic carbocycles. The van der Waals surface area contributed by atoms with E-state index in [-0.39, 0.29) is 35.5 Å². The van der Waals surface area contributed by atoms with Crippen LogP contribution in [0.2, 0.25) is 0 Å². The van der Waals surface area contributed by atoms with Gasteiger partial charge >= 0.3 is 0 Å². The minimum absolute atomic E-state index is 0.0944. The molecule has 0 radical (unpaired) electrons. The predicted octanol–water partition coefficient (Wildman–Crippen LogP) is 2.46. The van der Waals surface area contributed by atoms with Crippen LogP contribution in [0, 0.1) is 5.92 Å². The van der Waals surface area contributed by atoms with E-state index in [2.05, 4.69) is 30.8 Å². The van der Waals surface area contributed by atoms with Gasteiger partial charge < -0.3 is 9.88 Å². The van der Waals surface area contributed by atoms with E-state index >= 15 is 0 Å². The van der Waals surface area contributed by atoms with Gasteiger partial charge in [0.25, 0.3) is 5.91 Å². The molecule has 2 heterocycles. The van der Waals surface area contributed by atoms with E-state index in [1.165, 1.54) is 11.8 Å². The van der Waals surface area contributed by atoms with Gasteiger partial charge in [0.1, 0.15) is 0 Å². The van der Waals surface area contributed by atoms with Crippen LogP contribution < -0.4 is 10.6 Å². The molecule has 3 rings (SSSR count). The number of nitrogens with one attached hydrogen (secondary N) is 2. The minimum atomic E-state index is -0.323. The first kappa shape index (κ1) is 21.4. The molecule has 0 aliphatic carbocycles. The summed E-state index contributed by atoms with van der Waals surface area (Å²) in [6.07, 6.45) is 3.11. The van der Waals surface area contributed by atoms with Crippen LogP contribution in [0.5, 0.6) is 0 Å². The summed E-state index contributed by atoms with van der Waals surface area (Å²) in [5.74, 6) is 0.695. The number of rotatable bonds is 8. The summed E-state index contributed by atoms with van der Waals surface area (Å²) in [5.41, 5.74) is 0.583. The molecule has 0 saturated heterocycles. The topological polar surface area (TPSA) is 115 Å². The molecule has 0 aliphatic heterocycles. The van der Waals surface area contributed by atoms with Crippen LogP contribution in [0.4, 0.5) is 5.95 Å². The zero-order chi connectivity index (χ0) is 21.5. The number of carbonyl (C=O) groups is 2. The van der Waals surface area contributed by atoms with Crippen molar-refractivity contribution in [2.24, 2.45) is 13.0 Å². The summed E-state index contributed by atoms with van der Waals surface area (Å²) < 4.78 is 1.80. The monoisotopic (exact) mass is 425 g/mol. The first-order valence-corrected chi connectivity index (χ1v) is 10.4. The van der Waals surface area contributed by atoms with E-state index < -0.39 is 0 Å². The smallest absolute Gasteiger partial charge is 0.251 e.